The van der Waals surface area contributed by atoms with Crippen LogP contribution in [0.4, 0.5) is 20.2 Å². The fraction of sp³-hybridized carbons (Fsp3) is 0.513. The highest BCUT2D eigenvalue weighted by molar-refractivity contribution is 5.98. The van der Waals surface area contributed by atoms with E-state index in [-0.39, 0.29) is 23.3 Å². The molecule has 7 nitrogen and oxygen atoms in total. The standard InChI is InChI=1S/C39H53F2N3O4/c1-25(2)20-43(21-26(3)4)34-13-11-31(36(40)17-34)15-29(9)38(45)47-24-30(10)48-39(46)33(19-42)16-32-12-14-35(18-37(32)41)44(22-27(5)6)23-28(7)8/h11-18,25-28,30H,20-24H2,1-10H3/b29-15+,33-16+. The van der Waals surface area contributed by atoms with Crippen molar-refractivity contribution in [2.24, 2.45) is 23.7 Å². The molecule has 9 heteroatoms. The van der Waals surface area contributed by atoms with Crippen LogP contribution in [0.1, 0.15) is 80.4 Å². The summed E-state index contributed by atoms with van der Waals surface area (Å²) in [7, 11) is 0. The van der Waals surface area contributed by atoms with Gasteiger partial charge in [0.1, 0.15) is 36.0 Å². The average Bonchev–Trinajstić information content (AvgIpc) is 2.98. The fourth-order valence-electron chi connectivity index (χ4n) is 5.17. The van der Waals surface area contributed by atoms with Crippen molar-refractivity contribution >= 4 is 35.5 Å². The summed E-state index contributed by atoms with van der Waals surface area (Å²) < 4.78 is 40.8. The molecule has 1 unspecified atom stereocenters. The number of nitriles is 1. The first-order valence-corrected chi connectivity index (χ1v) is 16.8. The number of carbonyl (C=O) groups excluding carboxylic acids is 2. The van der Waals surface area contributed by atoms with Gasteiger partial charge in [0, 0.05) is 54.3 Å². The number of nitrogens with zero attached hydrogens (tertiary/aromatic N) is 3. The topological polar surface area (TPSA) is 82.9 Å². The minimum absolute atomic E-state index is 0.0777. The van der Waals surface area contributed by atoms with Crippen LogP contribution >= 0.6 is 0 Å². The van der Waals surface area contributed by atoms with Crippen LogP contribution in [0.25, 0.3) is 12.2 Å². The Morgan fingerprint density at radius 2 is 1.15 bits per heavy atom. The number of hydrogen-bond donors (Lipinski definition) is 0. The van der Waals surface area contributed by atoms with Crippen LogP contribution in [0.3, 0.4) is 0 Å². The van der Waals surface area contributed by atoms with Gasteiger partial charge in [0.15, 0.2) is 0 Å². The molecule has 48 heavy (non-hydrogen) atoms. The van der Waals surface area contributed by atoms with Gasteiger partial charge in [0.05, 0.1) is 0 Å². The predicted molar refractivity (Wildman–Crippen MR) is 190 cm³/mol. The van der Waals surface area contributed by atoms with Crippen molar-refractivity contribution in [3.8, 4) is 6.07 Å². The van der Waals surface area contributed by atoms with E-state index in [9.17, 15) is 14.9 Å². The van der Waals surface area contributed by atoms with Crippen LogP contribution in [0, 0.1) is 46.6 Å². The van der Waals surface area contributed by atoms with Crippen molar-refractivity contribution in [1.82, 2.24) is 0 Å². The summed E-state index contributed by atoms with van der Waals surface area (Å²) in [6.45, 7) is 22.7. The molecule has 0 heterocycles. The van der Waals surface area contributed by atoms with Gasteiger partial charge < -0.3 is 19.3 Å². The van der Waals surface area contributed by atoms with Crippen molar-refractivity contribution < 1.29 is 27.8 Å². The first-order chi connectivity index (χ1) is 22.5. The largest absolute Gasteiger partial charge is 0.458 e. The van der Waals surface area contributed by atoms with Crippen LogP contribution in [0.2, 0.25) is 0 Å². The quantitative estimate of drug-likeness (QED) is 0.0950. The summed E-state index contributed by atoms with van der Waals surface area (Å²) in [6, 6.07) is 11.4. The number of anilines is 2. The number of esters is 2. The molecule has 2 aromatic carbocycles. The molecule has 0 aliphatic rings. The lowest BCUT2D eigenvalue weighted by Gasteiger charge is -2.28. The highest BCUT2D eigenvalue weighted by atomic mass is 19.1. The van der Waals surface area contributed by atoms with Gasteiger partial charge in [-0.3, -0.25) is 0 Å². The summed E-state index contributed by atoms with van der Waals surface area (Å²) in [5.74, 6) is -1.10. The molecule has 0 aliphatic carbocycles. The van der Waals surface area contributed by atoms with Gasteiger partial charge >= 0.3 is 11.9 Å². The molecule has 0 N–H and O–H groups in total. The molecule has 262 valence electrons. The molecule has 0 bridgehead atoms. The average molecular weight is 666 g/mol. The minimum Gasteiger partial charge on any atom is -0.458 e. The lowest BCUT2D eigenvalue weighted by Crippen LogP contribution is -2.31. The molecule has 2 aromatic rings. The second kappa shape index (κ2) is 19.0. The third kappa shape index (κ3) is 13.1. The fourth-order valence-corrected chi connectivity index (χ4v) is 5.17. The predicted octanol–water partition coefficient (Wildman–Crippen LogP) is 8.69. The zero-order chi connectivity index (χ0) is 36.1. The van der Waals surface area contributed by atoms with Gasteiger partial charge in [-0.2, -0.15) is 5.26 Å². The van der Waals surface area contributed by atoms with Crippen molar-refractivity contribution in [2.75, 3.05) is 42.6 Å². The van der Waals surface area contributed by atoms with E-state index in [1.165, 1.54) is 38.1 Å². The molecule has 0 fully saturated rings. The van der Waals surface area contributed by atoms with E-state index >= 15 is 8.78 Å². The van der Waals surface area contributed by atoms with E-state index in [1.54, 1.807) is 18.2 Å². The maximum atomic E-state index is 15.1. The molecule has 0 radical (unpaired) electrons. The van der Waals surface area contributed by atoms with Crippen LogP contribution in [0.15, 0.2) is 47.5 Å². The SMILES string of the molecule is C/C(=C\c1ccc(N(CC(C)C)CC(C)C)cc1F)C(=O)OCC(C)OC(=O)/C(C#N)=C/c1ccc(N(CC(C)C)CC(C)C)cc1F. The van der Waals surface area contributed by atoms with Gasteiger partial charge in [-0.25, -0.2) is 18.4 Å². The zero-order valence-corrected chi connectivity index (χ0v) is 30.3. The Labute approximate surface area is 286 Å². The first-order valence-electron chi connectivity index (χ1n) is 16.8. The second-order valence-corrected chi connectivity index (χ2v) is 14.1. The maximum Gasteiger partial charge on any atom is 0.349 e. The molecule has 2 rings (SSSR count). The first kappa shape index (κ1) is 40.0. The zero-order valence-electron chi connectivity index (χ0n) is 30.3. The van der Waals surface area contributed by atoms with E-state index in [0.29, 0.717) is 23.7 Å². The number of benzene rings is 2. The number of hydrogen-bond acceptors (Lipinski definition) is 7. The molecule has 0 aliphatic heterocycles. The molecule has 0 saturated heterocycles. The van der Waals surface area contributed by atoms with Crippen LogP contribution in [-0.4, -0.2) is 50.8 Å². The monoisotopic (exact) mass is 665 g/mol. The lowest BCUT2D eigenvalue weighted by molar-refractivity contribution is -0.152. The summed E-state index contributed by atoms with van der Waals surface area (Å²) in [6.07, 6.45) is 1.66. The Hall–Kier alpha value is -4.19. The summed E-state index contributed by atoms with van der Waals surface area (Å²) in [4.78, 5) is 29.7. The van der Waals surface area contributed by atoms with Gasteiger partial charge in [0.2, 0.25) is 0 Å². The number of halogens is 2. The van der Waals surface area contributed by atoms with Gasteiger partial charge in [-0.05, 0) is 86.1 Å². The van der Waals surface area contributed by atoms with E-state index in [0.717, 1.165) is 43.6 Å². The van der Waals surface area contributed by atoms with Crippen LogP contribution in [0.5, 0.6) is 0 Å². The molecule has 0 amide bonds. The molecular weight excluding hydrogens is 612 g/mol. The van der Waals surface area contributed by atoms with Crippen LogP contribution in [-0.2, 0) is 19.1 Å². The maximum absolute atomic E-state index is 15.1. The third-order valence-electron chi connectivity index (χ3n) is 7.13. The Balaban J connectivity index is 2.06. The highest BCUT2D eigenvalue weighted by Crippen LogP contribution is 2.24. The molecule has 1 atom stereocenters. The molecule has 0 spiro atoms. The van der Waals surface area contributed by atoms with Gasteiger partial charge in [-0.15, -0.1) is 0 Å². The van der Waals surface area contributed by atoms with Crippen molar-refractivity contribution in [2.45, 2.75) is 75.3 Å². The van der Waals surface area contributed by atoms with Crippen molar-refractivity contribution in [3.63, 3.8) is 0 Å². The Morgan fingerprint density at radius 1 is 0.729 bits per heavy atom. The minimum atomic E-state index is -0.968. The molecular formula is C39H53F2N3O4. The van der Waals surface area contributed by atoms with E-state index in [1.807, 2.05) is 6.07 Å². The molecule has 0 saturated carbocycles. The Morgan fingerprint density at radius 3 is 1.52 bits per heavy atom. The summed E-state index contributed by atoms with van der Waals surface area (Å²) >= 11 is 0. The molecule has 0 aromatic heterocycles. The van der Waals surface area contributed by atoms with Crippen LogP contribution < -0.4 is 9.80 Å². The highest BCUT2D eigenvalue weighted by Gasteiger charge is 2.19. The van der Waals surface area contributed by atoms with E-state index in [4.69, 9.17) is 9.47 Å². The van der Waals surface area contributed by atoms with E-state index < -0.39 is 35.3 Å². The second-order valence-electron chi connectivity index (χ2n) is 14.1. The van der Waals surface area contributed by atoms with Crippen molar-refractivity contribution in [1.29, 1.82) is 5.26 Å². The third-order valence-corrected chi connectivity index (χ3v) is 7.13. The van der Waals surface area contributed by atoms with Gasteiger partial charge in [0.25, 0.3) is 0 Å². The summed E-state index contributed by atoms with van der Waals surface area (Å²) in [5, 5.41) is 9.60. The summed E-state index contributed by atoms with van der Waals surface area (Å²) in [5.41, 5.74) is 1.60. The Kier molecular flexibility index (Phi) is 15.8. The normalized spacial score (nSPS) is 12.8. The van der Waals surface area contributed by atoms with Crippen molar-refractivity contribution in [3.05, 3.63) is 70.3 Å². The lowest BCUT2D eigenvalue weighted by atomic mass is 10.1. The smallest absolute Gasteiger partial charge is 0.349 e. The number of carbonyl (C=O) groups is 2. The number of ether oxygens (including phenoxy) is 2. The Bertz CT molecular complexity index is 1470. The number of rotatable bonds is 17. The van der Waals surface area contributed by atoms with Gasteiger partial charge in [-0.1, -0.05) is 55.4 Å². The van der Waals surface area contributed by atoms with E-state index in [2.05, 4.69) is 65.2 Å².